The number of amides is 1. The van der Waals surface area contributed by atoms with Crippen molar-refractivity contribution < 1.29 is 4.79 Å². The van der Waals surface area contributed by atoms with E-state index in [9.17, 15) is 4.79 Å². The number of hydrogen-bond donors (Lipinski definition) is 3. The number of nitrogens with one attached hydrogen (secondary N) is 3. The number of unbranched alkanes of at least 4 members (excludes halogenated alkanes) is 1. The van der Waals surface area contributed by atoms with Crippen LogP contribution in [0.5, 0.6) is 0 Å². The van der Waals surface area contributed by atoms with Gasteiger partial charge in [0.15, 0.2) is 5.96 Å². The highest BCUT2D eigenvalue weighted by atomic mass is 127. The Morgan fingerprint density at radius 2 is 1.85 bits per heavy atom. The Bertz CT molecular complexity index is 730. The van der Waals surface area contributed by atoms with Gasteiger partial charge in [-0.25, -0.2) is 4.98 Å². The molecule has 3 N–H and O–H groups in total. The van der Waals surface area contributed by atoms with Crippen LogP contribution in [-0.2, 0) is 13.1 Å². The lowest BCUT2D eigenvalue weighted by molar-refractivity contribution is 0.0953. The van der Waals surface area contributed by atoms with Gasteiger partial charge in [0.2, 0.25) is 0 Å². The average molecular weight is 501 g/mol. The number of halogens is 1. The summed E-state index contributed by atoms with van der Waals surface area (Å²) in [4.78, 5) is 21.8. The number of rotatable bonds is 8. The largest absolute Gasteiger partial charge is 0.352 e. The van der Waals surface area contributed by atoms with E-state index in [2.05, 4.69) is 32.9 Å². The molecule has 0 unspecified atom stereocenters. The van der Waals surface area contributed by atoms with Gasteiger partial charge in [0.05, 0.1) is 6.54 Å². The summed E-state index contributed by atoms with van der Waals surface area (Å²) < 4.78 is 0. The highest BCUT2D eigenvalue weighted by Crippen LogP contribution is 2.10. The predicted molar refractivity (Wildman–Crippen MR) is 123 cm³/mol. The predicted octanol–water partition coefficient (Wildman–Crippen LogP) is 3.46. The Labute approximate surface area is 182 Å². The molecule has 2 rings (SSSR count). The Balaban J connectivity index is 0.00000364. The van der Waals surface area contributed by atoms with Crippen LogP contribution in [0.25, 0.3) is 0 Å². The molecule has 27 heavy (non-hydrogen) atoms. The van der Waals surface area contributed by atoms with Crippen molar-refractivity contribution in [2.45, 2.75) is 39.8 Å². The molecule has 1 amide bonds. The van der Waals surface area contributed by atoms with E-state index in [1.54, 1.807) is 18.4 Å². The SMILES string of the molecule is CCCCNC(=O)c1ccc(CNC(=NC)NCc2ncc(C)s2)cc1.I. The van der Waals surface area contributed by atoms with Crippen molar-refractivity contribution in [3.63, 3.8) is 0 Å². The Morgan fingerprint density at radius 1 is 1.15 bits per heavy atom. The van der Waals surface area contributed by atoms with Gasteiger partial charge in [-0.1, -0.05) is 25.5 Å². The smallest absolute Gasteiger partial charge is 0.251 e. The molecule has 0 bridgehead atoms. The molecule has 1 heterocycles. The molecule has 2 aromatic rings. The van der Waals surface area contributed by atoms with Crippen molar-refractivity contribution >= 4 is 47.2 Å². The minimum atomic E-state index is -0.0193. The van der Waals surface area contributed by atoms with Crippen LogP contribution < -0.4 is 16.0 Å². The number of carbonyl (C=O) groups is 1. The summed E-state index contributed by atoms with van der Waals surface area (Å²) in [5.74, 6) is 0.702. The summed E-state index contributed by atoms with van der Waals surface area (Å²) in [5.41, 5.74) is 1.77. The minimum absolute atomic E-state index is 0. The van der Waals surface area contributed by atoms with Gasteiger partial charge in [0.25, 0.3) is 5.91 Å². The Hall–Kier alpha value is -1.68. The maximum Gasteiger partial charge on any atom is 0.251 e. The fraction of sp³-hybridized carbons (Fsp3) is 0.421. The van der Waals surface area contributed by atoms with E-state index < -0.39 is 0 Å². The number of nitrogens with zero attached hydrogens (tertiary/aromatic N) is 2. The van der Waals surface area contributed by atoms with Gasteiger partial charge in [0, 0.05) is 36.8 Å². The fourth-order valence-electron chi connectivity index (χ4n) is 2.30. The van der Waals surface area contributed by atoms with E-state index in [1.165, 1.54) is 4.88 Å². The molecule has 148 valence electrons. The van der Waals surface area contributed by atoms with Crippen LogP contribution in [0.15, 0.2) is 35.5 Å². The van der Waals surface area contributed by atoms with Gasteiger partial charge in [0.1, 0.15) is 5.01 Å². The van der Waals surface area contributed by atoms with Crippen LogP contribution in [0.1, 0.15) is 45.6 Å². The summed E-state index contributed by atoms with van der Waals surface area (Å²) in [6.45, 7) is 6.15. The highest BCUT2D eigenvalue weighted by molar-refractivity contribution is 14.0. The van der Waals surface area contributed by atoms with Crippen LogP contribution in [-0.4, -0.2) is 30.4 Å². The normalized spacial score (nSPS) is 10.9. The van der Waals surface area contributed by atoms with E-state index in [-0.39, 0.29) is 29.9 Å². The van der Waals surface area contributed by atoms with Gasteiger partial charge in [-0.05, 0) is 31.0 Å². The molecular weight excluding hydrogens is 473 g/mol. The third kappa shape index (κ3) is 8.25. The maximum absolute atomic E-state index is 12.0. The quantitative estimate of drug-likeness (QED) is 0.224. The first-order chi connectivity index (χ1) is 12.6. The third-order valence-corrected chi connectivity index (χ3v) is 4.70. The first-order valence-corrected chi connectivity index (χ1v) is 9.67. The minimum Gasteiger partial charge on any atom is -0.352 e. The van der Waals surface area contributed by atoms with Crippen LogP contribution in [0.4, 0.5) is 0 Å². The number of guanidine groups is 1. The van der Waals surface area contributed by atoms with Crippen molar-refractivity contribution in [3.8, 4) is 0 Å². The van der Waals surface area contributed by atoms with Gasteiger partial charge < -0.3 is 16.0 Å². The number of thiazole rings is 1. The molecule has 0 aliphatic heterocycles. The lowest BCUT2D eigenvalue weighted by atomic mass is 10.1. The lowest BCUT2D eigenvalue weighted by Gasteiger charge is -2.11. The molecule has 0 saturated heterocycles. The van der Waals surface area contributed by atoms with E-state index >= 15 is 0 Å². The van der Waals surface area contributed by atoms with Crippen molar-refractivity contribution in [3.05, 3.63) is 51.5 Å². The molecule has 0 saturated carbocycles. The average Bonchev–Trinajstić information content (AvgIpc) is 3.07. The van der Waals surface area contributed by atoms with Crippen LogP contribution in [0, 0.1) is 6.92 Å². The fourth-order valence-corrected chi connectivity index (χ4v) is 3.03. The first kappa shape index (κ1) is 23.4. The summed E-state index contributed by atoms with van der Waals surface area (Å²) in [6.07, 6.45) is 3.95. The monoisotopic (exact) mass is 501 g/mol. The standard InChI is InChI=1S/C19H27N5OS.HI/c1-4-5-10-21-18(25)16-8-6-15(7-9-16)12-23-19(20-3)24-13-17-22-11-14(2)26-17;/h6-9,11H,4-5,10,12-13H2,1-3H3,(H,21,25)(H2,20,23,24);1H. The molecule has 0 fully saturated rings. The second-order valence-electron chi connectivity index (χ2n) is 5.95. The second kappa shape index (κ2) is 12.7. The lowest BCUT2D eigenvalue weighted by Crippen LogP contribution is -2.36. The first-order valence-electron chi connectivity index (χ1n) is 8.85. The maximum atomic E-state index is 12.0. The number of carbonyl (C=O) groups excluding carboxylic acids is 1. The number of hydrogen-bond acceptors (Lipinski definition) is 4. The zero-order valence-corrected chi connectivity index (χ0v) is 19.2. The number of aromatic nitrogens is 1. The molecule has 0 spiro atoms. The molecule has 0 atom stereocenters. The highest BCUT2D eigenvalue weighted by Gasteiger charge is 2.05. The Kier molecular flexibility index (Phi) is 11.0. The van der Waals surface area contributed by atoms with E-state index in [0.717, 1.165) is 35.9 Å². The molecule has 8 heteroatoms. The molecule has 0 aliphatic carbocycles. The number of aryl methyl sites for hydroxylation is 1. The Morgan fingerprint density at radius 3 is 2.44 bits per heavy atom. The zero-order valence-electron chi connectivity index (χ0n) is 16.0. The second-order valence-corrected chi connectivity index (χ2v) is 7.27. The summed E-state index contributed by atoms with van der Waals surface area (Å²) in [7, 11) is 1.74. The van der Waals surface area contributed by atoms with Crippen LogP contribution in [0.3, 0.4) is 0 Å². The van der Waals surface area contributed by atoms with Gasteiger partial charge in [-0.2, -0.15) is 0 Å². The van der Waals surface area contributed by atoms with Crippen molar-refractivity contribution in [2.75, 3.05) is 13.6 Å². The number of aliphatic imine (C=N–C) groups is 1. The van der Waals surface area contributed by atoms with Crippen LogP contribution in [0.2, 0.25) is 0 Å². The summed E-state index contributed by atoms with van der Waals surface area (Å²) in [6, 6.07) is 7.62. The molecular formula is C19H28IN5OS. The summed E-state index contributed by atoms with van der Waals surface area (Å²) in [5, 5.41) is 10.5. The molecule has 1 aromatic carbocycles. The van der Waals surface area contributed by atoms with E-state index in [0.29, 0.717) is 18.7 Å². The summed E-state index contributed by atoms with van der Waals surface area (Å²) >= 11 is 1.67. The van der Waals surface area contributed by atoms with E-state index in [1.807, 2.05) is 37.4 Å². The third-order valence-electron chi connectivity index (χ3n) is 3.79. The van der Waals surface area contributed by atoms with Crippen molar-refractivity contribution in [2.24, 2.45) is 4.99 Å². The van der Waals surface area contributed by atoms with Crippen LogP contribution >= 0.6 is 35.3 Å². The molecule has 1 aromatic heterocycles. The molecule has 6 nitrogen and oxygen atoms in total. The van der Waals surface area contributed by atoms with Gasteiger partial charge in [-0.3, -0.25) is 9.79 Å². The zero-order chi connectivity index (χ0) is 18.8. The van der Waals surface area contributed by atoms with Gasteiger partial charge in [-0.15, -0.1) is 35.3 Å². The molecule has 0 radical (unpaired) electrons. The van der Waals surface area contributed by atoms with Crippen molar-refractivity contribution in [1.82, 2.24) is 20.9 Å². The number of benzene rings is 1. The van der Waals surface area contributed by atoms with E-state index in [4.69, 9.17) is 0 Å². The molecule has 0 aliphatic rings. The van der Waals surface area contributed by atoms with Gasteiger partial charge >= 0.3 is 0 Å². The van der Waals surface area contributed by atoms with Crippen molar-refractivity contribution in [1.29, 1.82) is 0 Å². The topological polar surface area (TPSA) is 78.4 Å².